The molecule has 0 aromatic heterocycles. The Kier molecular flexibility index (Phi) is 4.73. The van der Waals surface area contributed by atoms with Gasteiger partial charge in [0.25, 0.3) is 0 Å². The first-order valence-electron chi connectivity index (χ1n) is 5.54. The van der Waals surface area contributed by atoms with Crippen LogP contribution in [0.3, 0.4) is 0 Å². The van der Waals surface area contributed by atoms with Crippen molar-refractivity contribution in [3.63, 3.8) is 0 Å². The summed E-state index contributed by atoms with van der Waals surface area (Å²) in [5.74, 6) is 0. The van der Waals surface area contributed by atoms with E-state index in [9.17, 15) is 0 Å². The van der Waals surface area contributed by atoms with E-state index in [0.717, 1.165) is 20.0 Å². The Morgan fingerprint density at radius 3 is 2.50 bits per heavy atom. The Bertz CT molecular complexity index is 557. The van der Waals surface area contributed by atoms with E-state index in [-0.39, 0.29) is 6.04 Å². The van der Waals surface area contributed by atoms with Gasteiger partial charge in [0.15, 0.2) is 0 Å². The first-order valence-corrected chi connectivity index (χ1v) is 7.53. The highest BCUT2D eigenvalue weighted by Crippen LogP contribution is 2.33. The maximum absolute atomic E-state index is 6.22. The summed E-state index contributed by atoms with van der Waals surface area (Å²) in [6, 6.07) is 14.2. The van der Waals surface area contributed by atoms with Crippen molar-refractivity contribution in [3.05, 3.63) is 57.5 Å². The lowest BCUT2D eigenvalue weighted by Gasteiger charge is -2.10. The minimum Gasteiger partial charge on any atom is -0.324 e. The number of hydrogen-bond acceptors (Lipinski definition) is 2. The van der Waals surface area contributed by atoms with Gasteiger partial charge in [0.2, 0.25) is 0 Å². The molecule has 2 rings (SSSR count). The molecule has 0 radical (unpaired) electrons. The number of hydrogen-bond donors (Lipinski definition) is 1. The van der Waals surface area contributed by atoms with Crippen LogP contribution in [0.25, 0.3) is 0 Å². The van der Waals surface area contributed by atoms with E-state index in [1.165, 1.54) is 4.90 Å². The smallest absolute Gasteiger partial charge is 0.0464 e. The summed E-state index contributed by atoms with van der Waals surface area (Å²) in [6.45, 7) is 1.93. The molecule has 4 heteroatoms. The largest absolute Gasteiger partial charge is 0.324 e. The van der Waals surface area contributed by atoms with E-state index in [1.54, 1.807) is 11.8 Å². The van der Waals surface area contributed by atoms with Gasteiger partial charge in [-0.15, -0.1) is 0 Å². The second-order valence-electron chi connectivity index (χ2n) is 4.03. The fourth-order valence-electron chi connectivity index (χ4n) is 1.61. The van der Waals surface area contributed by atoms with Crippen LogP contribution in [0.2, 0.25) is 5.02 Å². The summed E-state index contributed by atoms with van der Waals surface area (Å²) in [5.41, 5.74) is 6.82. The summed E-state index contributed by atoms with van der Waals surface area (Å²) in [7, 11) is 0. The van der Waals surface area contributed by atoms with Gasteiger partial charge in [0, 0.05) is 25.3 Å². The van der Waals surface area contributed by atoms with Crippen molar-refractivity contribution in [2.75, 3.05) is 0 Å². The Hall–Kier alpha value is -0.480. The number of nitrogens with two attached hydrogens (primary N) is 1. The van der Waals surface area contributed by atoms with Gasteiger partial charge < -0.3 is 5.73 Å². The summed E-state index contributed by atoms with van der Waals surface area (Å²) < 4.78 is 1.07. The summed E-state index contributed by atoms with van der Waals surface area (Å²) in [6.07, 6.45) is 0. The van der Waals surface area contributed by atoms with Gasteiger partial charge in [0.05, 0.1) is 0 Å². The molecule has 0 aliphatic carbocycles. The molecule has 0 fully saturated rings. The molecule has 2 aromatic rings. The second kappa shape index (κ2) is 6.11. The second-order valence-corrected chi connectivity index (χ2v) is 6.50. The molecule has 1 atom stereocenters. The summed E-state index contributed by atoms with van der Waals surface area (Å²) >= 11 is 11.4. The molecule has 1 nitrogen and oxygen atoms in total. The summed E-state index contributed by atoms with van der Waals surface area (Å²) in [4.78, 5) is 2.29. The van der Waals surface area contributed by atoms with Crippen molar-refractivity contribution >= 4 is 39.3 Å². The van der Waals surface area contributed by atoms with Crippen LogP contribution in [0.15, 0.2) is 56.7 Å². The zero-order valence-corrected chi connectivity index (χ0v) is 13.0. The zero-order valence-electron chi connectivity index (χ0n) is 9.86. The van der Waals surface area contributed by atoms with E-state index in [4.69, 9.17) is 17.3 Å². The van der Waals surface area contributed by atoms with Gasteiger partial charge in [-0.1, -0.05) is 51.4 Å². The van der Waals surface area contributed by atoms with Gasteiger partial charge in [-0.3, -0.25) is 0 Å². The van der Waals surface area contributed by atoms with E-state index in [2.05, 4.69) is 34.1 Å². The highest BCUT2D eigenvalue weighted by atomic mass is 79.9. The molecule has 0 aliphatic heterocycles. The zero-order chi connectivity index (χ0) is 13.1. The summed E-state index contributed by atoms with van der Waals surface area (Å²) in [5, 5.41) is 0.727. The van der Waals surface area contributed by atoms with Crippen molar-refractivity contribution < 1.29 is 0 Å². The predicted octanol–water partition coefficient (Wildman–Crippen LogP) is 5.27. The fourth-order valence-corrected chi connectivity index (χ4v) is 3.49. The van der Waals surface area contributed by atoms with Gasteiger partial charge in [-0.05, 0) is 42.8 Å². The van der Waals surface area contributed by atoms with Crippen LogP contribution in [-0.2, 0) is 0 Å². The molecule has 0 saturated heterocycles. The first kappa shape index (κ1) is 13.9. The lowest BCUT2D eigenvalue weighted by Crippen LogP contribution is -2.05. The molecule has 0 heterocycles. The molecule has 2 N–H and O–H groups in total. The quantitative estimate of drug-likeness (QED) is 0.822. The molecule has 2 aromatic carbocycles. The number of halogens is 2. The highest BCUT2D eigenvalue weighted by molar-refractivity contribution is 9.10. The van der Waals surface area contributed by atoms with Gasteiger partial charge >= 0.3 is 0 Å². The Morgan fingerprint density at radius 2 is 1.89 bits per heavy atom. The standard InChI is InChI=1S/C14H13BrClNS/c1-9(17)13-6-5-12(8-14(13)16)18-11-4-2-3-10(15)7-11/h2-9H,17H2,1H3. The van der Waals surface area contributed by atoms with E-state index in [0.29, 0.717) is 0 Å². The first-order chi connectivity index (χ1) is 8.56. The number of rotatable bonds is 3. The van der Waals surface area contributed by atoms with Gasteiger partial charge in [-0.25, -0.2) is 0 Å². The molecule has 0 saturated carbocycles. The minimum absolute atomic E-state index is 0.0394. The monoisotopic (exact) mass is 341 g/mol. The van der Waals surface area contributed by atoms with Gasteiger partial charge in [-0.2, -0.15) is 0 Å². The molecule has 0 aliphatic rings. The minimum atomic E-state index is -0.0394. The maximum atomic E-state index is 6.22. The third-order valence-corrected chi connectivity index (χ3v) is 4.29. The molecular weight excluding hydrogens is 330 g/mol. The van der Waals surface area contributed by atoms with Crippen LogP contribution in [-0.4, -0.2) is 0 Å². The maximum Gasteiger partial charge on any atom is 0.0464 e. The van der Waals surface area contributed by atoms with Crippen LogP contribution in [0.5, 0.6) is 0 Å². The molecule has 18 heavy (non-hydrogen) atoms. The lowest BCUT2D eigenvalue weighted by molar-refractivity contribution is 0.817. The average Bonchev–Trinajstić information content (AvgIpc) is 2.28. The normalized spacial score (nSPS) is 12.4. The van der Waals surface area contributed by atoms with Crippen LogP contribution in [0.4, 0.5) is 0 Å². The molecule has 0 spiro atoms. The fraction of sp³-hybridized carbons (Fsp3) is 0.143. The van der Waals surface area contributed by atoms with Crippen LogP contribution in [0.1, 0.15) is 18.5 Å². The molecular formula is C14H13BrClNS. The van der Waals surface area contributed by atoms with Crippen molar-refractivity contribution in [1.82, 2.24) is 0 Å². The molecule has 0 bridgehead atoms. The van der Waals surface area contributed by atoms with Crippen molar-refractivity contribution in [2.24, 2.45) is 5.73 Å². The third-order valence-electron chi connectivity index (χ3n) is 2.49. The Labute approximate surface area is 125 Å². The number of benzene rings is 2. The molecule has 1 unspecified atom stereocenters. The Balaban J connectivity index is 2.23. The van der Waals surface area contributed by atoms with Crippen molar-refractivity contribution in [2.45, 2.75) is 22.8 Å². The van der Waals surface area contributed by atoms with Crippen LogP contribution < -0.4 is 5.73 Å². The average molecular weight is 343 g/mol. The Morgan fingerprint density at radius 1 is 1.17 bits per heavy atom. The van der Waals surface area contributed by atoms with E-state index in [1.807, 2.05) is 31.2 Å². The van der Waals surface area contributed by atoms with Crippen molar-refractivity contribution in [3.8, 4) is 0 Å². The van der Waals surface area contributed by atoms with E-state index < -0.39 is 0 Å². The molecule has 94 valence electrons. The van der Waals surface area contributed by atoms with Crippen molar-refractivity contribution in [1.29, 1.82) is 0 Å². The SMILES string of the molecule is CC(N)c1ccc(Sc2cccc(Br)c2)cc1Cl. The van der Waals surface area contributed by atoms with Gasteiger partial charge in [0.1, 0.15) is 0 Å². The van der Waals surface area contributed by atoms with Crippen LogP contribution in [0, 0.1) is 0 Å². The molecule has 0 amide bonds. The van der Waals surface area contributed by atoms with Crippen LogP contribution >= 0.6 is 39.3 Å². The topological polar surface area (TPSA) is 26.0 Å². The highest BCUT2D eigenvalue weighted by Gasteiger charge is 2.07. The predicted molar refractivity (Wildman–Crippen MR) is 82.3 cm³/mol. The van der Waals surface area contributed by atoms with E-state index >= 15 is 0 Å². The third kappa shape index (κ3) is 3.51. The lowest BCUT2D eigenvalue weighted by atomic mass is 10.1.